The summed E-state index contributed by atoms with van der Waals surface area (Å²) >= 11 is 1.28. The number of unbranched alkanes of at least 4 members (excludes halogenated alkanes) is 2. The van der Waals surface area contributed by atoms with Gasteiger partial charge in [0.2, 0.25) is 17.7 Å². The molecule has 2 atom stereocenters. The van der Waals surface area contributed by atoms with Crippen molar-refractivity contribution in [2.45, 2.75) is 76.5 Å². The molecule has 0 saturated carbocycles. The zero-order valence-electron chi connectivity index (χ0n) is 24.7. The molecular formula is C32H42N4O5S. The number of nitrogens with one attached hydrogen (secondary N) is 3. The Morgan fingerprint density at radius 1 is 0.952 bits per heavy atom. The van der Waals surface area contributed by atoms with Crippen LogP contribution >= 0.6 is 11.8 Å². The Labute approximate surface area is 252 Å². The molecule has 3 N–H and O–H groups in total. The molecule has 9 nitrogen and oxygen atoms in total. The summed E-state index contributed by atoms with van der Waals surface area (Å²) in [5.41, 5.74) is 2.18. The van der Waals surface area contributed by atoms with E-state index in [4.69, 9.17) is 0 Å². The third kappa shape index (κ3) is 9.52. The van der Waals surface area contributed by atoms with Gasteiger partial charge in [-0.25, -0.2) is 0 Å². The number of carbonyl (C=O) groups is 5. The van der Waals surface area contributed by atoms with E-state index in [1.54, 1.807) is 14.0 Å². The molecule has 0 heterocycles. The van der Waals surface area contributed by atoms with Gasteiger partial charge >= 0.3 is 0 Å². The predicted octanol–water partition coefficient (Wildman–Crippen LogP) is 2.80. The molecule has 1 aliphatic rings. The van der Waals surface area contributed by atoms with Crippen molar-refractivity contribution in [3.05, 3.63) is 71.3 Å². The number of amides is 3. The summed E-state index contributed by atoms with van der Waals surface area (Å²) in [6.07, 6.45) is 4.66. The van der Waals surface area contributed by atoms with E-state index < -0.39 is 29.4 Å². The van der Waals surface area contributed by atoms with Gasteiger partial charge in [0, 0.05) is 32.1 Å². The number of nitrogens with zero attached hydrogens (tertiary/aromatic N) is 1. The zero-order chi connectivity index (χ0) is 30.5. The molecule has 226 valence electrons. The fraction of sp³-hybridized carbons (Fsp3) is 0.469. The highest BCUT2D eigenvalue weighted by Gasteiger charge is 2.43. The normalized spacial score (nSPS) is 14.7. The lowest BCUT2D eigenvalue weighted by Gasteiger charge is -2.31. The molecule has 0 aliphatic heterocycles. The Balaban J connectivity index is 1.61. The van der Waals surface area contributed by atoms with E-state index in [1.807, 2.05) is 54.6 Å². The Morgan fingerprint density at radius 3 is 2.19 bits per heavy atom. The van der Waals surface area contributed by atoms with Gasteiger partial charge in [-0.1, -0.05) is 79.2 Å². The van der Waals surface area contributed by atoms with Gasteiger partial charge in [0.05, 0.1) is 12.6 Å². The first-order valence-corrected chi connectivity index (χ1v) is 15.4. The van der Waals surface area contributed by atoms with Gasteiger partial charge in [0.15, 0.2) is 5.12 Å². The summed E-state index contributed by atoms with van der Waals surface area (Å²) in [5.74, 6) is -0.371. The van der Waals surface area contributed by atoms with Crippen LogP contribution in [0.1, 0.15) is 56.2 Å². The molecule has 3 amide bonds. The van der Waals surface area contributed by atoms with Crippen LogP contribution in [0.5, 0.6) is 0 Å². The first-order valence-electron chi connectivity index (χ1n) is 14.4. The molecule has 0 radical (unpaired) electrons. The van der Waals surface area contributed by atoms with Crippen molar-refractivity contribution < 1.29 is 24.0 Å². The standard InChI is InChI=1S/C32H42N4O5S/c1-23(34-31(41)32(33-3)18-26-14-9-10-15-27(26)19-32)30(40)36(20-25-12-6-4-7-13-25)21-29(39)35-28(22-37)16-8-5-11-17-42-24(2)38/h4,6-7,9-10,12-15,22-23,28,33H,5,8,11,16-21H2,1-3H3,(H,34,41)(H,35,39). The smallest absolute Gasteiger partial charge is 0.245 e. The molecule has 1 aliphatic carbocycles. The fourth-order valence-electron chi connectivity index (χ4n) is 5.21. The average molecular weight is 595 g/mol. The van der Waals surface area contributed by atoms with Gasteiger partial charge < -0.3 is 25.6 Å². The molecule has 0 bridgehead atoms. The van der Waals surface area contributed by atoms with Crippen molar-refractivity contribution in [1.29, 1.82) is 0 Å². The number of benzene rings is 2. The van der Waals surface area contributed by atoms with E-state index in [9.17, 15) is 24.0 Å². The monoisotopic (exact) mass is 594 g/mol. The number of carbonyl (C=O) groups excluding carboxylic acids is 5. The fourth-order valence-corrected chi connectivity index (χ4v) is 5.85. The van der Waals surface area contributed by atoms with E-state index in [2.05, 4.69) is 16.0 Å². The lowest BCUT2D eigenvalue weighted by atomic mass is 9.94. The maximum atomic E-state index is 13.6. The Hall–Kier alpha value is -3.50. The van der Waals surface area contributed by atoms with Crippen molar-refractivity contribution in [3.63, 3.8) is 0 Å². The second-order valence-electron chi connectivity index (χ2n) is 10.8. The average Bonchev–Trinajstić information content (AvgIpc) is 3.38. The van der Waals surface area contributed by atoms with Crippen molar-refractivity contribution >= 4 is 40.9 Å². The van der Waals surface area contributed by atoms with E-state index in [0.29, 0.717) is 25.5 Å². The molecule has 0 aromatic heterocycles. The van der Waals surface area contributed by atoms with Crippen molar-refractivity contribution in [2.24, 2.45) is 0 Å². The van der Waals surface area contributed by atoms with Gasteiger partial charge in [-0.2, -0.15) is 0 Å². The van der Waals surface area contributed by atoms with Crippen molar-refractivity contribution in [2.75, 3.05) is 19.3 Å². The van der Waals surface area contributed by atoms with Crippen LogP contribution in [0.3, 0.4) is 0 Å². The number of fused-ring (bicyclic) bond motifs is 1. The number of likely N-dealkylation sites (N-methyl/N-ethyl adjacent to an activating group) is 1. The molecule has 2 unspecified atom stereocenters. The van der Waals surface area contributed by atoms with Crippen LogP contribution in [-0.4, -0.2) is 71.0 Å². The van der Waals surface area contributed by atoms with Gasteiger partial charge in [-0.05, 0) is 43.5 Å². The van der Waals surface area contributed by atoms with Crippen LogP contribution in [0.15, 0.2) is 54.6 Å². The van der Waals surface area contributed by atoms with Crippen LogP contribution in [0.4, 0.5) is 0 Å². The number of thioether (sulfide) groups is 1. The summed E-state index contributed by atoms with van der Waals surface area (Å²) in [6.45, 7) is 3.09. The molecule has 42 heavy (non-hydrogen) atoms. The molecule has 2 aromatic carbocycles. The summed E-state index contributed by atoms with van der Waals surface area (Å²) in [7, 11) is 1.75. The molecule has 3 rings (SSSR count). The van der Waals surface area contributed by atoms with Crippen LogP contribution in [0, 0.1) is 0 Å². The number of hydrogen-bond acceptors (Lipinski definition) is 7. The topological polar surface area (TPSA) is 125 Å². The summed E-state index contributed by atoms with van der Waals surface area (Å²) < 4.78 is 0. The molecule has 0 saturated heterocycles. The lowest BCUT2D eigenvalue weighted by molar-refractivity contribution is -0.140. The highest BCUT2D eigenvalue weighted by Crippen LogP contribution is 2.30. The van der Waals surface area contributed by atoms with E-state index in [0.717, 1.165) is 41.7 Å². The first-order chi connectivity index (χ1) is 20.2. The second-order valence-corrected chi connectivity index (χ2v) is 12.1. The minimum Gasteiger partial charge on any atom is -0.345 e. The lowest BCUT2D eigenvalue weighted by Crippen LogP contribution is -2.60. The van der Waals surface area contributed by atoms with Gasteiger partial charge in [-0.15, -0.1) is 0 Å². The third-order valence-electron chi connectivity index (χ3n) is 7.57. The maximum absolute atomic E-state index is 13.6. The van der Waals surface area contributed by atoms with E-state index in [1.165, 1.54) is 23.6 Å². The minimum atomic E-state index is -0.877. The Kier molecular flexibility index (Phi) is 12.7. The van der Waals surface area contributed by atoms with Gasteiger partial charge in [0.25, 0.3) is 0 Å². The maximum Gasteiger partial charge on any atom is 0.245 e. The quantitative estimate of drug-likeness (QED) is 0.202. The van der Waals surface area contributed by atoms with Crippen LogP contribution in [0.25, 0.3) is 0 Å². The van der Waals surface area contributed by atoms with Gasteiger partial charge in [0.1, 0.15) is 17.9 Å². The zero-order valence-corrected chi connectivity index (χ0v) is 25.5. The SMILES string of the molecule is CNC1(C(=O)NC(C)C(=O)N(CC(=O)NC(C=O)CCCCCSC(C)=O)Cc2ccccc2)Cc2ccccc2C1. The summed E-state index contributed by atoms with van der Waals surface area (Å²) in [4.78, 5) is 64.2. The Morgan fingerprint density at radius 2 is 1.60 bits per heavy atom. The highest BCUT2D eigenvalue weighted by atomic mass is 32.2. The Bertz CT molecular complexity index is 1210. The minimum absolute atomic E-state index is 0.0853. The van der Waals surface area contributed by atoms with Crippen LogP contribution < -0.4 is 16.0 Å². The first kappa shape index (κ1) is 33.0. The van der Waals surface area contributed by atoms with Crippen molar-refractivity contribution in [1.82, 2.24) is 20.9 Å². The largest absolute Gasteiger partial charge is 0.345 e. The van der Waals surface area contributed by atoms with Gasteiger partial charge in [-0.3, -0.25) is 19.2 Å². The summed E-state index contributed by atoms with van der Waals surface area (Å²) in [5, 5.41) is 8.89. The molecule has 0 spiro atoms. The number of hydrogen-bond donors (Lipinski definition) is 3. The van der Waals surface area contributed by atoms with E-state index >= 15 is 0 Å². The van der Waals surface area contributed by atoms with Crippen LogP contribution in [-0.2, 0) is 43.4 Å². The molecule has 0 fully saturated rings. The second kappa shape index (κ2) is 16.2. The molecule has 10 heteroatoms. The predicted molar refractivity (Wildman–Crippen MR) is 165 cm³/mol. The number of aldehydes is 1. The third-order valence-corrected chi connectivity index (χ3v) is 8.47. The summed E-state index contributed by atoms with van der Waals surface area (Å²) in [6, 6.07) is 15.7. The van der Waals surface area contributed by atoms with Crippen LogP contribution in [0.2, 0.25) is 0 Å². The highest BCUT2D eigenvalue weighted by molar-refractivity contribution is 8.13. The molecule has 2 aromatic rings. The van der Waals surface area contributed by atoms with Crippen molar-refractivity contribution in [3.8, 4) is 0 Å². The molecular weight excluding hydrogens is 552 g/mol. The van der Waals surface area contributed by atoms with E-state index in [-0.39, 0.29) is 24.1 Å². The number of rotatable bonds is 16.